The Morgan fingerprint density at radius 1 is 1.62 bits per heavy atom. The van der Waals surface area contributed by atoms with Crippen LogP contribution in [0.25, 0.3) is 0 Å². The van der Waals surface area contributed by atoms with Crippen molar-refractivity contribution in [1.29, 1.82) is 0 Å². The van der Waals surface area contributed by atoms with Crippen molar-refractivity contribution in [2.45, 2.75) is 0 Å². The molecule has 0 spiro atoms. The summed E-state index contributed by atoms with van der Waals surface area (Å²) in [7, 11) is 0. The van der Waals surface area contributed by atoms with Crippen molar-refractivity contribution in [1.82, 2.24) is 0 Å². The lowest BCUT2D eigenvalue weighted by Crippen LogP contribution is -2.13. The molecule has 69 valence electrons. The van der Waals surface area contributed by atoms with Gasteiger partial charge < -0.3 is 10.8 Å². The van der Waals surface area contributed by atoms with Crippen LogP contribution in [0, 0.1) is 12.2 Å². The molecule has 0 fully saturated rings. The second kappa shape index (κ2) is 4.00. The Bertz CT molecular complexity index is 325. The molecule has 0 saturated carbocycles. The van der Waals surface area contributed by atoms with Crippen molar-refractivity contribution in [3.63, 3.8) is 0 Å². The van der Waals surface area contributed by atoms with Crippen LogP contribution in [0.2, 0.25) is 0 Å². The van der Waals surface area contributed by atoms with Crippen LogP contribution in [-0.4, -0.2) is 17.6 Å². The molecule has 0 aliphatic heterocycles. The predicted molar refractivity (Wildman–Crippen MR) is 45.4 cm³/mol. The summed E-state index contributed by atoms with van der Waals surface area (Å²) in [4.78, 5) is 10.6. The van der Waals surface area contributed by atoms with Gasteiger partial charge in [-0.15, -0.1) is 0 Å². The van der Waals surface area contributed by atoms with E-state index in [1.807, 2.05) is 0 Å². The van der Waals surface area contributed by atoms with E-state index in [1.54, 1.807) is 0 Å². The monoisotopic (exact) mass is 182 g/mol. The zero-order valence-electron chi connectivity index (χ0n) is 6.83. The zero-order chi connectivity index (χ0) is 9.84. The normalized spacial score (nSPS) is 10.0. The molecule has 1 aromatic rings. The highest BCUT2D eigenvalue weighted by atomic mass is 19.1. The highest BCUT2D eigenvalue weighted by molar-refractivity contribution is 5.93. The number of amides is 1. The molecular weight excluding hydrogens is 173 g/mol. The van der Waals surface area contributed by atoms with Crippen LogP contribution in [0.1, 0.15) is 15.9 Å². The van der Waals surface area contributed by atoms with Crippen molar-refractivity contribution in [2.24, 2.45) is 5.73 Å². The van der Waals surface area contributed by atoms with E-state index >= 15 is 0 Å². The molecule has 13 heavy (non-hydrogen) atoms. The standard InChI is InChI=1S/C9H9FNO2/c10-8-5-6(3-4-12)1-2-7(8)9(11)13/h1-3,5,12H,4H2,(H2,11,13). The summed E-state index contributed by atoms with van der Waals surface area (Å²) >= 11 is 0. The van der Waals surface area contributed by atoms with E-state index in [4.69, 9.17) is 10.8 Å². The first-order chi connectivity index (χ1) is 6.15. The van der Waals surface area contributed by atoms with Gasteiger partial charge in [0, 0.05) is 6.42 Å². The Morgan fingerprint density at radius 2 is 2.31 bits per heavy atom. The molecule has 0 aromatic heterocycles. The number of nitrogens with two attached hydrogens (primary N) is 1. The average Bonchev–Trinajstić information content (AvgIpc) is 2.04. The third-order valence-corrected chi connectivity index (χ3v) is 1.59. The minimum absolute atomic E-state index is 0.143. The Labute approximate surface area is 75.0 Å². The summed E-state index contributed by atoms with van der Waals surface area (Å²) in [6, 6.07) is 3.95. The van der Waals surface area contributed by atoms with Crippen molar-refractivity contribution in [3.05, 3.63) is 41.6 Å². The summed E-state index contributed by atoms with van der Waals surface area (Å²) < 4.78 is 13.0. The maximum Gasteiger partial charge on any atom is 0.251 e. The van der Waals surface area contributed by atoms with E-state index in [9.17, 15) is 9.18 Å². The SMILES string of the molecule is NC(=O)c1ccc([CH]CO)cc1F. The molecule has 0 aliphatic carbocycles. The summed E-state index contributed by atoms with van der Waals surface area (Å²) in [5, 5.41) is 8.52. The Kier molecular flexibility index (Phi) is 2.97. The molecule has 0 aliphatic rings. The highest BCUT2D eigenvalue weighted by Gasteiger charge is 2.07. The van der Waals surface area contributed by atoms with Gasteiger partial charge in [0.25, 0.3) is 5.91 Å². The second-order valence-electron chi connectivity index (χ2n) is 2.49. The summed E-state index contributed by atoms with van der Waals surface area (Å²) in [5.74, 6) is -1.47. The Balaban J connectivity index is 2.98. The first-order valence-electron chi connectivity index (χ1n) is 3.68. The lowest BCUT2D eigenvalue weighted by Gasteiger charge is -2.01. The number of rotatable bonds is 3. The number of primary amides is 1. The number of hydrogen-bond donors (Lipinski definition) is 2. The molecule has 0 heterocycles. The number of hydrogen-bond acceptors (Lipinski definition) is 2. The number of carbonyl (C=O) groups is 1. The van der Waals surface area contributed by atoms with Crippen LogP contribution in [0.3, 0.4) is 0 Å². The highest BCUT2D eigenvalue weighted by Crippen LogP contribution is 2.10. The van der Waals surface area contributed by atoms with Crippen LogP contribution >= 0.6 is 0 Å². The van der Waals surface area contributed by atoms with Gasteiger partial charge in [-0.05, 0) is 17.7 Å². The Hall–Kier alpha value is -1.42. The lowest BCUT2D eigenvalue weighted by atomic mass is 10.1. The zero-order valence-corrected chi connectivity index (χ0v) is 6.83. The van der Waals surface area contributed by atoms with E-state index in [0.29, 0.717) is 5.56 Å². The van der Waals surface area contributed by atoms with Crippen LogP contribution in [-0.2, 0) is 0 Å². The first-order valence-corrected chi connectivity index (χ1v) is 3.68. The van der Waals surface area contributed by atoms with Crippen LogP contribution in [0.15, 0.2) is 18.2 Å². The smallest absolute Gasteiger partial charge is 0.251 e. The third-order valence-electron chi connectivity index (χ3n) is 1.59. The second-order valence-corrected chi connectivity index (χ2v) is 2.49. The molecule has 0 bridgehead atoms. The molecule has 3 nitrogen and oxygen atoms in total. The van der Waals surface area contributed by atoms with Gasteiger partial charge in [-0.3, -0.25) is 4.79 Å². The minimum atomic E-state index is -0.798. The average molecular weight is 182 g/mol. The predicted octanol–water partition coefficient (Wildman–Crippen LogP) is 0.469. The van der Waals surface area contributed by atoms with E-state index in [-0.39, 0.29) is 12.2 Å². The fraction of sp³-hybridized carbons (Fsp3) is 0.111. The van der Waals surface area contributed by atoms with Crippen LogP contribution in [0.5, 0.6) is 0 Å². The fourth-order valence-electron chi connectivity index (χ4n) is 0.964. The summed E-state index contributed by atoms with van der Waals surface area (Å²) in [6.45, 7) is -0.171. The number of aliphatic hydroxyl groups excluding tert-OH is 1. The van der Waals surface area contributed by atoms with Gasteiger partial charge >= 0.3 is 0 Å². The van der Waals surface area contributed by atoms with E-state index in [1.165, 1.54) is 18.6 Å². The fourth-order valence-corrected chi connectivity index (χ4v) is 0.964. The summed E-state index contributed by atoms with van der Waals surface area (Å²) in [6.07, 6.45) is 1.42. The van der Waals surface area contributed by atoms with Crippen LogP contribution in [0.4, 0.5) is 4.39 Å². The van der Waals surface area contributed by atoms with Gasteiger partial charge in [-0.2, -0.15) is 0 Å². The maximum atomic E-state index is 13.0. The largest absolute Gasteiger partial charge is 0.396 e. The number of halogens is 1. The third kappa shape index (κ3) is 2.26. The van der Waals surface area contributed by atoms with Crippen molar-refractivity contribution in [3.8, 4) is 0 Å². The molecule has 0 saturated heterocycles. The number of benzene rings is 1. The van der Waals surface area contributed by atoms with Gasteiger partial charge in [0.2, 0.25) is 0 Å². The first kappa shape index (κ1) is 9.67. The molecular formula is C9H9FNO2. The van der Waals surface area contributed by atoms with Gasteiger partial charge in [0.05, 0.1) is 12.2 Å². The molecule has 3 N–H and O–H groups in total. The van der Waals surface area contributed by atoms with Gasteiger partial charge in [-0.25, -0.2) is 4.39 Å². The minimum Gasteiger partial charge on any atom is -0.396 e. The van der Waals surface area contributed by atoms with E-state index in [0.717, 1.165) is 6.07 Å². The Morgan fingerprint density at radius 3 is 2.77 bits per heavy atom. The van der Waals surface area contributed by atoms with E-state index in [2.05, 4.69) is 0 Å². The molecule has 1 amide bonds. The van der Waals surface area contributed by atoms with Crippen molar-refractivity contribution in [2.75, 3.05) is 6.61 Å². The number of carbonyl (C=O) groups excluding carboxylic acids is 1. The van der Waals surface area contributed by atoms with Gasteiger partial charge in [-0.1, -0.05) is 6.07 Å². The molecule has 0 unspecified atom stereocenters. The topological polar surface area (TPSA) is 63.3 Å². The molecule has 1 aromatic carbocycles. The summed E-state index contributed by atoms with van der Waals surface area (Å²) in [5.41, 5.74) is 5.28. The van der Waals surface area contributed by atoms with Crippen molar-refractivity contribution < 1.29 is 14.3 Å². The van der Waals surface area contributed by atoms with Crippen LogP contribution < -0.4 is 5.73 Å². The molecule has 0 atom stereocenters. The van der Waals surface area contributed by atoms with Gasteiger partial charge in [0.15, 0.2) is 0 Å². The van der Waals surface area contributed by atoms with Crippen molar-refractivity contribution >= 4 is 5.91 Å². The van der Waals surface area contributed by atoms with E-state index < -0.39 is 11.7 Å². The van der Waals surface area contributed by atoms with Gasteiger partial charge in [0.1, 0.15) is 5.82 Å². The molecule has 1 rings (SSSR count). The lowest BCUT2D eigenvalue weighted by molar-refractivity contribution is 0.0996. The maximum absolute atomic E-state index is 13.0. The number of aliphatic hydroxyl groups is 1. The molecule has 4 heteroatoms. The quantitative estimate of drug-likeness (QED) is 0.713. The molecule has 1 radical (unpaired) electrons.